The average molecular weight is 568 g/mol. The molecule has 0 atom stereocenters. The highest BCUT2D eigenvalue weighted by Gasteiger charge is 2.34. The molecule has 1 aliphatic heterocycles. The van der Waals surface area contributed by atoms with Gasteiger partial charge < -0.3 is 15.0 Å². The topological polar surface area (TPSA) is 108 Å². The van der Waals surface area contributed by atoms with E-state index in [2.05, 4.69) is 21.4 Å². The van der Waals surface area contributed by atoms with E-state index in [0.29, 0.717) is 35.7 Å². The van der Waals surface area contributed by atoms with Crippen LogP contribution in [0.2, 0.25) is 0 Å². The van der Waals surface area contributed by atoms with Crippen molar-refractivity contribution in [1.82, 2.24) is 14.9 Å². The molecule has 2 aromatic carbocycles. The van der Waals surface area contributed by atoms with Crippen molar-refractivity contribution >= 4 is 40.6 Å². The zero-order valence-corrected chi connectivity index (χ0v) is 24.7. The highest BCUT2D eigenvalue weighted by Crippen LogP contribution is 2.38. The molecule has 0 bridgehead atoms. The van der Waals surface area contributed by atoms with Gasteiger partial charge in [0.15, 0.2) is 5.65 Å². The van der Waals surface area contributed by atoms with Crippen molar-refractivity contribution in [3.8, 4) is 17.2 Å². The number of anilines is 1. The molecular formula is C32H33N5O3S. The molecular weight excluding hydrogens is 534 g/mol. The number of nitriles is 1. The van der Waals surface area contributed by atoms with Crippen LogP contribution < -0.4 is 5.32 Å². The first-order valence-corrected chi connectivity index (χ1v) is 14.4. The van der Waals surface area contributed by atoms with E-state index in [-0.39, 0.29) is 17.3 Å². The summed E-state index contributed by atoms with van der Waals surface area (Å²) in [7, 11) is 0. The number of amides is 2. The van der Waals surface area contributed by atoms with Crippen molar-refractivity contribution in [3.63, 3.8) is 0 Å². The van der Waals surface area contributed by atoms with Gasteiger partial charge in [-0.25, -0.2) is 14.8 Å². The number of hydrogen-bond donors (Lipinski definition) is 1. The minimum atomic E-state index is -0.546. The molecule has 210 valence electrons. The molecule has 1 aliphatic rings. The largest absolute Gasteiger partial charge is 0.444 e. The average Bonchev–Trinajstić information content (AvgIpc) is 2.94. The highest BCUT2D eigenvalue weighted by atomic mass is 32.2. The number of pyridine rings is 2. The zero-order valence-electron chi connectivity index (χ0n) is 23.8. The van der Waals surface area contributed by atoms with E-state index >= 15 is 0 Å². The van der Waals surface area contributed by atoms with E-state index in [9.17, 15) is 14.9 Å². The smallest absolute Gasteiger partial charge is 0.410 e. The van der Waals surface area contributed by atoms with Gasteiger partial charge in [0.1, 0.15) is 11.4 Å². The van der Waals surface area contributed by atoms with Crippen LogP contribution in [0.1, 0.15) is 50.5 Å². The Morgan fingerprint density at radius 1 is 1.05 bits per heavy atom. The number of nitrogens with zero attached hydrogens (tertiary/aromatic N) is 4. The normalized spacial score (nSPS) is 12.9. The van der Waals surface area contributed by atoms with Gasteiger partial charge in [0.25, 0.3) is 5.91 Å². The number of aromatic nitrogens is 2. The van der Waals surface area contributed by atoms with Crippen LogP contribution in [-0.4, -0.2) is 50.8 Å². The lowest BCUT2D eigenvalue weighted by atomic mass is 10.0. The predicted molar refractivity (Wildman–Crippen MR) is 163 cm³/mol. The van der Waals surface area contributed by atoms with Crippen molar-refractivity contribution in [2.45, 2.75) is 50.4 Å². The number of carbonyl (C=O) groups excluding carboxylic acids is 2. The summed E-state index contributed by atoms with van der Waals surface area (Å²) in [5.74, 6) is 0.138. The van der Waals surface area contributed by atoms with Gasteiger partial charge in [-0.05, 0) is 80.4 Å². The minimum absolute atomic E-state index is 0.154. The predicted octanol–water partition coefficient (Wildman–Crippen LogP) is 7.16. The van der Waals surface area contributed by atoms with Crippen LogP contribution in [0.5, 0.6) is 0 Å². The second-order valence-corrected chi connectivity index (χ2v) is 11.6. The molecule has 2 amide bonds. The van der Waals surface area contributed by atoms with Crippen molar-refractivity contribution in [1.29, 1.82) is 5.26 Å². The number of rotatable bonds is 5. The maximum Gasteiger partial charge on any atom is 0.410 e. The lowest BCUT2D eigenvalue weighted by Gasteiger charge is -2.39. The summed E-state index contributed by atoms with van der Waals surface area (Å²) in [6, 6.07) is 22.4. The van der Waals surface area contributed by atoms with Gasteiger partial charge in [0.2, 0.25) is 0 Å². The van der Waals surface area contributed by atoms with E-state index in [4.69, 9.17) is 4.74 Å². The third-order valence-corrected chi connectivity index (χ3v) is 7.29. The zero-order chi connectivity index (χ0) is 29.6. The van der Waals surface area contributed by atoms with Crippen LogP contribution in [-0.2, 0) is 4.74 Å². The maximum atomic E-state index is 13.2. The minimum Gasteiger partial charge on any atom is -0.444 e. The summed E-state index contributed by atoms with van der Waals surface area (Å²) in [6.45, 7) is 10.7. The molecule has 0 unspecified atom stereocenters. The molecule has 0 saturated carbocycles. The van der Waals surface area contributed by atoms with E-state index in [0.717, 1.165) is 21.4 Å². The molecule has 2 aromatic heterocycles. The van der Waals surface area contributed by atoms with E-state index in [1.165, 1.54) is 0 Å². The fraction of sp³-hybridized carbons (Fsp3) is 0.281. The Hall–Kier alpha value is -4.42. The molecule has 3 heterocycles. The Morgan fingerprint density at radius 3 is 2.46 bits per heavy atom. The lowest BCUT2D eigenvalue weighted by Crippen LogP contribution is -2.53. The van der Waals surface area contributed by atoms with E-state index < -0.39 is 5.60 Å². The van der Waals surface area contributed by atoms with Gasteiger partial charge in [0, 0.05) is 40.4 Å². The molecule has 5 rings (SSSR count). The fourth-order valence-corrected chi connectivity index (χ4v) is 5.48. The summed E-state index contributed by atoms with van der Waals surface area (Å²) in [5.41, 5.74) is 2.96. The highest BCUT2D eigenvalue weighted by molar-refractivity contribution is 8.00. The second kappa shape index (κ2) is 12.8. The number of thioether (sulfide) groups is 1. The fourth-order valence-electron chi connectivity index (χ4n) is 4.10. The SMILES string of the molecule is CC.CC(C)(C)OC(=O)N1CC(Sc2cc(C(=O)Nc3ccc4cccnc4n3)ccc2-c2ccc(C#N)cc2)C1. The third-order valence-electron chi connectivity index (χ3n) is 6.07. The number of fused-ring (bicyclic) bond motifs is 1. The Kier molecular flexibility index (Phi) is 9.25. The van der Waals surface area contributed by atoms with Crippen LogP contribution in [0, 0.1) is 11.3 Å². The quantitative estimate of drug-likeness (QED) is 0.273. The summed E-state index contributed by atoms with van der Waals surface area (Å²) in [4.78, 5) is 36.9. The summed E-state index contributed by atoms with van der Waals surface area (Å²) >= 11 is 1.62. The molecule has 0 aliphatic carbocycles. The Morgan fingerprint density at radius 2 is 1.78 bits per heavy atom. The maximum absolute atomic E-state index is 13.2. The lowest BCUT2D eigenvalue weighted by molar-refractivity contribution is 0.0144. The van der Waals surface area contributed by atoms with E-state index in [1.54, 1.807) is 47.1 Å². The van der Waals surface area contributed by atoms with Gasteiger partial charge >= 0.3 is 6.09 Å². The van der Waals surface area contributed by atoms with Gasteiger partial charge in [-0.1, -0.05) is 32.0 Å². The molecule has 1 saturated heterocycles. The van der Waals surface area contributed by atoms with Gasteiger partial charge in [-0.2, -0.15) is 5.26 Å². The second-order valence-electron chi connectivity index (χ2n) is 10.2. The Bertz CT molecular complexity index is 1590. The Balaban J connectivity index is 0.00000189. The first-order chi connectivity index (χ1) is 19.7. The number of benzene rings is 2. The van der Waals surface area contributed by atoms with Crippen LogP contribution >= 0.6 is 11.8 Å². The monoisotopic (exact) mass is 567 g/mol. The molecule has 8 nitrogen and oxygen atoms in total. The number of nitrogens with one attached hydrogen (secondary N) is 1. The van der Waals surface area contributed by atoms with Gasteiger partial charge in [0.05, 0.1) is 11.6 Å². The number of likely N-dealkylation sites (tertiary alicyclic amines) is 1. The van der Waals surface area contributed by atoms with Crippen LogP contribution in [0.15, 0.2) is 77.8 Å². The summed E-state index contributed by atoms with van der Waals surface area (Å²) < 4.78 is 5.48. The number of ether oxygens (including phenoxy) is 1. The molecule has 1 N–H and O–H groups in total. The van der Waals surface area contributed by atoms with Crippen molar-refractivity contribution in [2.24, 2.45) is 0 Å². The van der Waals surface area contributed by atoms with Crippen LogP contribution in [0.3, 0.4) is 0 Å². The van der Waals surface area contributed by atoms with Gasteiger partial charge in [-0.3, -0.25) is 4.79 Å². The summed E-state index contributed by atoms with van der Waals surface area (Å²) in [5, 5.41) is 13.1. The third kappa shape index (κ3) is 7.41. The first-order valence-electron chi connectivity index (χ1n) is 13.5. The first kappa shape index (κ1) is 29.6. The van der Waals surface area contributed by atoms with Crippen molar-refractivity contribution in [3.05, 3.63) is 84.1 Å². The van der Waals surface area contributed by atoms with Crippen molar-refractivity contribution < 1.29 is 14.3 Å². The van der Waals surface area contributed by atoms with Crippen LogP contribution in [0.4, 0.5) is 10.6 Å². The standard InChI is InChI=1S/C30H27N5O3S.C2H6/c1-30(2,3)38-29(37)35-17-23(18-35)39-25-15-22(10-12-24(25)20-8-6-19(16-31)7-9-20)28(36)34-26-13-11-21-5-4-14-32-27(21)33-26;1-2/h4-15,23H,17-18H2,1-3H3,(H,32,33,34,36);1-2H3. The molecule has 0 radical (unpaired) electrons. The molecule has 0 spiro atoms. The molecule has 4 aromatic rings. The molecule has 41 heavy (non-hydrogen) atoms. The van der Waals surface area contributed by atoms with Gasteiger partial charge in [-0.15, -0.1) is 11.8 Å². The summed E-state index contributed by atoms with van der Waals surface area (Å²) in [6.07, 6.45) is 1.34. The van der Waals surface area contributed by atoms with Crippen molar-refractivity contribution in [2.75, 3.05) is 18.4 Å². The number of hydrogen-bond acceptors (Lipinski definition) is 7. The number of carbonyl (C=O) groups is 2. The Labute approximate surface area is 244 Å². The van der Waals surface area contributed by atoms with Crippen LogP contribution in [0.25, 0.3) is 22.2 Å². The molecule has 9 heteroatoms. The molecule has 1 fully saturated rings. The van der Waals surface area contributed by atoms with E-state index in [1.807, 2.05) is 77.1 Å².